The van der Waals surface area contributed by atoms with Crippen LogP contribution in [0.3, 0.4) is 0 Å². The van der Waals surface area contributed by atoms with E-state index in [0.29, 0.717) is 0 Å². The van der Waals surface area contributed by atoms with Gasteiger partial charge >= 0.3 is 7.12 Å². The molecular weight excluding hydrogens is 177 g/mol. The molecule has 0 atom stereocenters. The van der Waals surface area contributed by atoms with Gasteiger partial charge in [-0.15, -0.1) is 0 Å². The fourth-order valence-electron chi connectivity index (χ4n) is 1.67. The van der Waals surface area contributed by atoms with Gasteiger partial charge in [0.2, 0.25) is 0 Å². The SMILES string of the molecule is CCc1cccc(CC)c1B(O)ON. The Morgan fingerprint density at radius 2 is 1.79 bits per heavy atom. The number of nitrogens with two attached hydrogens (primary N) is 1. The highest BCUT2D eigenvalue weighted by atomic mass is 16.6. The van der Waals surface area contributed by atoms with Crippen LogP contribution < -0.4 is 11.4 Å². The molecule has 0 aliphatic rings. The Morgan fingerprint density at radius 3 is 2.14 bits per heavy atom. The van der Waals surface area contributed by atoms with Gasteiger partial charge < -0.3 is 9.78 Å². The highest BCUT2D eigenvalue weighted by Crippen LogP contribution is 2.05. The normalized spacial score (nSPS) is 10.3. The number of benzene rings is 1. The van der Waals surface area contributed by atoms with Crippen molar-refractivity contribution in [1.29, 1.82) is 0 Å². The highest BCUT2D eigenvalue weighted by molar-refractivity contribution is 6.61. The van der Waals surface area contributed by atoms with Crippen molar-refractivity contribution in [1.82, 2.24) is 0 Å². The van der Waals surface area contributed by atoms with Crippen LogP contribution in [0.5, 0.6) is 0 Å². The summed E-state index contributed by atoms with van der Waals surface area (Å²) in [6, 6.07) is 5.96. The molecule has 0 heterocycles. The lowest BCUT2D eigenvalue weighted by atomic mass is 9.72. The molecule has 0 aliphatic carbocycles. The van der Waals surface area contributed by atoms with Gasteiger partial charge in [-0.3, -0.25) is 0 Å². The third kappa shape index (κ3) is 2.15. The topological polar surface area (TPSA) is 55.5 Å². The smallest absolute Gasteiger partial charge is 0.422 e. The van der Waals surface area contributed by atoms with Crippen LogP contribution in [-0.2, 0) is 17.6 Å². The third-order valence-electron chi connectivity index (χ3n) is 2.42. The standard InChI is InChI=1S/C10H16BNO2/c1-3-8-6-5-7-9(4-2)10(8)11(13)14-12/h5-7,13H,3-4,12H2,1-2H3. The van der Waals surface area contributed by atoms with E-state index in [1.165, 1.54) is 0 Å². The summed E-state index contributed by atoms with van der Waals surface area (Å²) in [5.74, 6) is 5.00. The number of rotatable bonds is 4. The third-order valence-corrected chi connectivity index (χ3v) is 2.42. The van der Waals surface area contributed by atoms with Crippen LogP contribution in [0.25, 0.3) is 0 Å². The van der Waals surface area contributed by atoms with Gasteiger partial charge in [0.1, 0.15) is 0 Å². The zero-order valence-corrected chi connectivity index (χ0v) is 8.66. The van der Waals surface area contributed by atoms with Crippen LogP contribution in [0.1, 0.15) is 25.0 Å². The molecule has 0 bridgehead atoms. The molecule has 0 fully saturated rings. The van der Waals surface area contributed by atoms with Crippen molar-refractivity contribution in [2.75, 3.05) is 0 Å². The van der Waals surface area contributed by atoms with Gasteiger partial charge in [-0.2, -0.15) is 0 Å². The number of hydrogen-bond acceptors (Lipinski definition) is 3. The molecule has 1 rings (SSSR count). The van der Waals surface area contributed by atoms with Crippen molar-refractivity contribution in [3.8, 4) is 0 Å². The van der Waals surface area contributed by atoms with Gasteiger partial charge in [0.15, 0.2) is 0 Å². The molecule has 0 aromatic heterocycles. The van der Waals surface area contributed by atoms with E-state index in [0.717, 1.165) is 29.4 Å². The van der Waals surface area contributed by atoms with Crippen LogP contribution in [0.15, 0.2) is 18.2 Å². The maximum atomic E-state index is 9.61. The molecule has 0 spiro atoms. The van der Waals surface area contributed by atoms with E-state index in [-0.39, 0.29) is 0 Å². The molecule has 1 aromatic rings. The molecule has 4 heteroatoms. The summed E-state index contributed by atoms with van der Waals surface area (Å²) in [4.78, 5) is 0. The zero-order chi connectivity index (χ0) is 10.6. The Hall–Kier alpha value is -0.835. The summed E-state index contributed by atoms with van der Waals surface area (Å²) in [6.07, 6.45) is 1.73. The van der Waals surface area contributed by atoms with E-state index in [9.17, 15) is 5.02 Å². The van der Waals surface area contributed by atoms with Crippen LogP contribution in [0.4, 0.5) is 0 Å². The van der Waals surface area contributed by atoms with Crippen molar-refractivity contribution >= 4 is 12.6 Å². The van der Waals surface area contributed by atoms with E-state index in [1.807, 2.05) is 32.0 Å². The lowest BCUT2D eigenvalue weighted by Crippen LogP contribution is -2.40. The number of aryl methyl sites for hydroxylation is 2. The molecule has 0 saturated carbocycles. The molecule has 0 amide bonds. The van der Waals surface area contributed by atoms with Gasteiger partial charge in [0.25, 0.3) is 0 Å². The van der Waals surface area contributed by atoms with Crippen molar-refractivity contribution in [3.05, 3.63) is 29.3 Å². The molecule has 0 saturated heterocycles. The van der Waals surface area contributed by atoms with Crippen molar-refractivity contribution < 1.29 is 9.78 Å². The van der Waals surface area contributed by atoms with Crippen LogP contribution in [-0.4, -0.2) is 12.1 Å². The Bertz CT molecular complexity index is 282. The minimum atomic E-state index is -1.01. The average Bonchev–Trinajstić information content (AvgIpc) is 2.26. The minimum Gasteiger partial charge on any atom is -0.422 e. The maximum Gasteiger partial charge on any atom is 0.508 e. The van der Waals surface area contributed by atoms with Crippen molar-refractivity contribution in [2.24, 2.45) is 5.90 Å². The summed E-state index contributed by atoms with van der Waals surface area (Å²) in [5.41, 5.74) is 2.99. The van der Waals surface area contributed by atoms with Gasteiger partial charge in [-0.1, -0.05) is 32.0 Å². The van der Waals surface area contributed by atoms with E-state index < -0.39 is 7.12 Å². The Morgan fingerprint density at radius 1 is 1.29 bits per heavy atom. The minimum absolute atomic E-state index is 0.819. The quantitative estimate of drug-likeness (QED) is 0.537. The largest absolute Gasteiger partial charge is 0.508 e. The maximum absolute atomic E-state index is 9.61. The number of hydrogen-bond donors (Lipinski definition) is 2. The van der Waals surface area contributed by atoms with Crippen LogP contribution in [0, 0.1) is 0 Å². The first kappa shape index (κ1) is 11.2. The molecule has 0 radical (unpaired) electrons. The first-order valence-corrected chi connectivity index (χ1v) is 4.88. The van der Waals surface area contributed by atoms with Gasteiger partial charge in [-0.25, -0.2) is 5.90 Å². The highest BCUT2D eigenvalue weighted by Gasteiger charge is 2.21. The van der Waals surface area contributed by atoms with Gasteiger partial charge in [0, 0.05) is 0 Å². The second-order valence-corrected chi connectivity index (χ2v) is 3.19. The molecule has 0 unspecified atom stereocenters. The van der Waals surface area contributed by atoms with E-state index in [1.54, 1.807) is 0 Å². The molecule has 76 valence electrons. The molecule has 3 nitrogen and oxygen atoms in total. The second-order valence-electron chi connectivity index (χ2n) is 3.19. The van der Waals surface area contributed by atoms with Gasteiger partial charge in [-0.05, 0) is 29.4 Å². The Balaban J connectivity index is 3.18. The summed E-state index contributed by atoms with van der Waals surface area (Å²) < 4.78 is 4.48. The molecule has 1 aromatic carbocycles. The monoisotopic (exact) mass is 193 g/mol. The molecular formula is C10H16BNO2. The lowest BCUT2D eigenvalue weighted by Gasteiger charge is -2.13. The van der Waals surface area contributed by atoms with E-state index >= 15 is 0 Å². The van der Waals surface area contributed by atoms with E-state index in [4.69, 9.17) is 5.90 Å². The summed E-state index contributed by atoms with van der Waals surface area (Å²) in [5, 5.41) is 9.61. The summed E-state index contributed by atoms with van der Waals surface area (Å²) >= 11 is 0. The Kier molecular flexibility index (Phi) is 4.13. The molecule has 14 heavy (non-hydrogen) atoms. The molecule has 3 N–H and O–H groups in total. The van der Waals surface area contributed by atoms with Gasteiger partial charge in [0.05, 0.1) is 0 Å². The fraction of sp³-hybridized carbons (Fsp3) is 0.400. The fourth-order valence-corrected chi connectivity index (χ4v) is 1.67. The predicted molar refractivity (Wildman–Crippen MR) is 58.1 cm³/mol. The summed E-state index contributed by atoms with van der Waals surface area (Å²) in [7, 11) is -1.01. The second kappa shape index (κ2) is 5.15. The van der Waals surface area contributed by atoms with Crippen molar-refractivity contribution in [2.45, 2.75) is 26.7 Å². The lowest BCUT2D eigenvalue weighted by molar-refractivity contribution is 0.280. The zero-order valence-electron chi connectivity index (χ0n) is 8.66. The van der Waals surface area contributed by atoms with E-state index in [2.05, 4.69) is 4.76 Å². The Labute approximate surface area is 85.0 Å². The average molecular weight is 193 g/mol. The van der Waals surface area contributed by atoms with Crippen LogP contribution in [0.2, 0.25) is 0 Å². The van der Waals surface area contributed by atoms with Crippen molar-refractivity contribution in [3.63, 3.8) is 0 Å². The molecule has 0 aliphatic heterocycles. The van der Waals surface area contributed by atoms with Crippen LogP contribution >= 0.6 is 0 Å². The summed E-state index contributed by atoms with van der Waals surface area (Å²) in [6.45, 7) is 4.09. The first-order valence-electron chi connectivity index (χ1n) is 4.88. The first-order chi connectivity index (χ1) is 6.74. The predicted octanol–water partition coefficient (Wildman–Crippen LogP) is 0.389.